The molecule has 0 aliphatic carbocycles. The van der Waals surface area contributed by atoms with Gasteiger partial charge >= 0.3 is 0 Å². The molecule has 16 heavy (non-hydrogen) atoms. The molecule has 0 bridgehead atoms. The Balaban J connectivity index is 2.31. The lowest BCUT2D eigenvalue weighted by Gasteiger charge is -2.05. The molecule has 0 aliphatic rings. The van der Waals surface area contributed by atoms with Gasteiger partial charge in [0.05, 0.1) is 6.20 Å². The number of rotatable bonds is 3. The maximum atomic E-state index is 6.00. The highest BCUT2D eigenvalue weighted by atomic mass is 35.5. The zero-order valence-electron chi connectivity index (χ0n) is 8.59. The fourth-order valence-corrected chi connectivity index (χ4v) is 2.41. The topological polar surface area (TPSA) is 51.6 Å². The van der Waals surface area contributed by atoms with Gasteiger partial charge in [-0.1, -0.05) is 18.5 Å². The summed E-state index contributed by atoms with van der Waals surface area (Å²) in [6, 6.07) is 0. The van der Waals surface area contributed by atoms with Crippen molar-refractivity contribution in [3.05, 3.63) is 35.6 Å². The Morgan fingerprint density at radius 1 is 1.25 bits per heavy atom. The lowest BCUT2D eigenvalue weighted by atomic mass is 10.3. The summed E-state index contributed by atoms with van der Waals surface area (Å²) < 4.78 is 0. The molecule has 0 N–H and O–H groups in total. The van der Waals surface area contributed by atoms with E-state index in [4.69, 9.17) is 11.6 Å². The summed E-state index contributed by atoms with van der Waals surface area (Å²) in [5.41, 5.74) is 0.944. The molecule has 2 aromatic rings. The van der Waals surface area contributed by atoms with Gasteiger partial charge in [0.1, 0.15) is 21.5 Å². The van der Waals surface area contributed by atoms with Crippen molar-refractivity contribution < 1.29 is 0 Å². The van der Waals surface area contributed by atoms with Crippen LogP contribution in [-0.2, 0) is 6.42 Å². The van der Waals surface area contributed by atoms with Crippen molar-refractivity contribution in [1.29, 1.82) is 0 Å². The zero-order valence-corrected chi connectivity index (χ0v) is 10.2. The Labute approximate surface area is 103 Å². The van der Waals surface area contributed by atoms with Crippen LogP contribution >= 0.6 is 23.4 Å². The van der Waals surface area contributed by atoms with Gasteiger partial charge in [-0.3, -0.25) is 4.98 Å². The van der Waals surface area contributed by atoms with Crippen LogP contribution in [0.25, 0.3) is 0 Å². The number of halogens is 1. The Hall–Kier alpha value is -1.20. The monoisotopic (exact) mass is 252 g/mol. The Morgan fingerprint density at radius 2 is 2.12 bits per heavy atom. The normalized spacial score (nSPS) is 10.4. The molecule has 0 saturated carbocycles. The fraction of sp³-hybridized carbons (Fsp3) is 0.200. The summed E-state index contributed by atoms with van der Waals surface area (Å²) in [6.45, 7) is 2.02. The number of hydrogen-bond acceptors (Lipinski definition) is 5. The average molecular weight is 253 g/mol. The Kier molecular flexibility index (Phi) is 3.69. The lowest BCUT2D eigenvalue weighted by Crippen LogP contribution is -1.94. The minimum Gasteiger partial charge on any atom is -0.260 e. The smallest absolute Gasteiger partial charge is 0.136 e. The minimum absolute atomic E-state index is 0.504. The molecule has 4 nitrogen and oxygen atoms in total. The van der Waals surface area contributed by atoms with E-state index in [0.29, 0.717) is 5.15 Å². The van der Waals surface area contributed by atoms with Crippen LogP contribution < -0.4 is 0 Å². The molecule has 0 saturated heterocycles. The molecule has 2 heterocycles. The first kappa shape index (κ1) is 11.3. The van der Waals surface area contributed by atoms with Gasteiger partial charge in [-0.25, -0.2) is 15.0 Å². The molecule has 0 atom stereocenters. The third-order valence-electron chi connectivity index (χ3n) is 1.95. The van der Waals surface area contributed by atoms with E-state index < -0.39 is 0 Å². The van der Waals surface area contributed by atoms with E-state index in [1.165, 1.54) is 18.1 Å². The van der Waals surface area contributed by atoms with Crippen LogP contribution in [-0.4, -0.2) is 19.9 Å². The first-order valence-electron chi connectivity index (χ1n) is 4.74. The Bertz CT molecular complexity index is 478. The molecule has 2 aromatic heterocycles. The predicted molar refractivity (Wildman–Crippen MR) is 62.6 cm³/mol. The van der Waals surface area contributed by atoms with Gasteiger partial charge in [-0.15, -0.1) is 0 Å². The summed E-state index contributed by atoms with van der Waals surface area (Å²) >= 11 is 7.44. The van der Waals surface area contributed by atoms with Gasteiger partial charge < -0.3 is 0 Å². The van der Waals surface area contributed by atoms with Crippen LogP contribution in [0.15, 0.2) is 35.0 Å². The molecule has 0 radical (unpaired) electrons. The highest BCUT2D eigenvalue weighted by Gasteiger charge is 2.09. The molecule has 2 rings (SSSR count). The van der Waals surface area contributed by atoms with Gasteiger partial charge in [0.2, 0.25) is 0 Å². The van der Waals surface area contributed by atoms with Crippen LogP contribution in [0.4, 0.5) is 0 Å². The molecule has 0 unspecified atom stereocenters. The SMILES string of the molecule is CCc1c(Cl)ncnc1Sc1cnccn1. The standard InChI is InChI=1S/C10H9ClN4S/c1-2-7-9(11)14-6-15-10(7)16-8-5-12-3-4-13-8/h3-6H,2H2,1H3. The van der Waals surface area contributed by atoms with E-state index in [1.807, 2.05) is 6.92 Å². The molecule has 0 spiro atoms. The highest BCUT2D eigenvalue weighted by molar-refractivity contribution is 7.99. The predicted octanol–water partition coefficient (Wildman–Crippen LogP) is 2.63. The summed E-state index contributed by atoms with van der Waals surface area (Å²) in [6.07, 6.45) is 7.23. The van der Waals surface area contributed by atoms with E-state index in [1.54, 1.807) is 18.6 Å². The van der Waals surface area contributed by atoms with Crippen molar-refractivity contribution >= 4 is 23.4 Å². The van der Waals surface area contributed by atoms with Gasteiger partial charge in [-0.05, 0) is 18.2 Å². The van der Waals surface area contributed by atoms with Gasteiger partial charge in [-0.2, -0.15) is 0 Å². The zero-order chi connectivity index (χ0) is 11.4. The molecule has 0 aliphatic heterocycles. The molecular weight excluding hydrogens is 244 g/mol. The third-order valence-corrected chi connectivity index (χ3v) is 3.24. The van der Waals surface area contributed by atoms with Crippen molar-refractivity contribution in [3.63, 3.8) is 0 Å². The quantitative estimate of drug-likeness (QED) is 0.786. The highest BCUT2D eigenvalue weighted by Crippen LogP contribution is 2.29. The molecular formula is C10H9ClN4S. The maximum absolute atomic E-state index is 6.00. The molecule has 0 aromatic carbocycles. The van der Waals surface area contributed by atoms with Crippen LogP contribution in [0.3, 0.4) is 0 Å². The van der Waals surface area contributed by atoms with E-state index in [-0.39, 0.29) is 0 Å². The summed E-state index contributed by atoms with van der Waals surface area (Å²) in [5.74, 6) is 0. The largest absolute Gasteiger partial charge is 0.260 e. The third kappa shape index (κ3) is 2.48. The first-order valence-corrected chi connectivity index (χ1v) is 5.94. The van der Waals surface area contributed by atoms with Crippen molar-refractivity contribution in [1.82, 2.24) is 19.9 Å². The van der Waals surface area contributed by atoms with E-state index in [9.17, 15) is 0 Å². The Morgan fingerprint density at radius 3 is 2.81 bits per heavy atom. The molecule has 6 heteroatoms. The van der Waals surface area contributed by atoms with E-state index >= 15 is 0 Å². The van der Waals surface area contributed by atoms with Crippen molar-refractivity contribution in [2.75, 3.05) is 0 Å². The first-order chi connectivity index (χ1) is 7.81. The second kappa shape index (κ2) is 5.23. The maximum Gasteiger partial charge on any atom is 0.136 e. The molecule has 0 fully saturated rings. The van der Waals surface area contributed by atoms with Crippen LogP contribution in [0.1, 0.15) is 12.5 Å². The van der Waals surface area contributed by atoms with Crippen LogP contribution in [0, 0.1) is 0 Å². The number of hydrogen-bond donors (Lipinski definition) is 0. The summed E-state index contributed by atoms with van der Waals surface area (Å²) in [4.78, 5) is 16.3. The van der Waals surface area contributed by atoms with Crippen LogP contribution in [0.2, 0.25) is 5.15 Å². The lowest BCUT2D eigenvalue weighted by molar-refractivity contribution is 0.938. The van der Waals surface area contributed by atoms with Gasteiger partial charge in [0.15, 0.2) is 0 Å². The number of aromatic nitrogens is 4. The number of nitrogens with zero attached hydrogens (tertiary/aromatic N) is 4. The second-order valence-electron chi connectivity index (χ2n) is 2.95. The molecule has 0 amide bonds. The van der Waals surface area contributed by atoms with Gasteiger partial charge in [0.25, 0.3) is 0 Å². The average Bonchev–Trinajstić information content (AvgIpc) is 2.31. The minimum atomic E-state index is 0.504. The van der Waals surface area contributed by atoms with E-state index in [0.717, 1.165) is 22.0 Å². The van der Waals surface area contributed by atoms with Crippen LogP contribution in [0.5, 0.6) is 0 Å². The summed E-state index contributed by atoms with van der Waals surface area (Å²) in [5, 5.41) is 2.14. The van der Waals surface area contributed by atoms with Crippen molar-refractivity contribution in [2.24, 2.45) is 0 Å². The molecule has 82 valence electrons. The second-order valence-corrected chi connectivity index (χ2v) is 4.31. The summed E-state index contributed by atoms with van der Waals surface area (Å²) in [7, 11) is 0. The van der Waals surface area contributed by atoms with E-state index in [2.05, 4.69) is 19.9 Å². The van der Waals surface area contributed by atoms with Crippen molar-refractivity contribution in [2.45, 2.75) is 23.4 Å². The van der Waals surface area contributed by atoms with Gasteiger partial charge in [0, 0.05) is 18.0 Å². The fourth-order valence-electron chi connectivity index (χ4n) is 1.20. The van der Waals surface area contributed by atoms with Crippen molar-refractivity contribution in [3.8, 4) is 0 Å².